The zero-order chi connectivity index (χ0) is 9.64. The summed E-state index contributed by atoms with van der Waals surface area (Å²) in [6.07, 6.45) is 2.75. The molecule has 4 heteroatoms. The van der Waals surface area contributed by atoms with Crippen molar-refractivity contribution in [3.63, 3.8) is 0 Å². The Morgan fingerprint density at radius 2 is 2.33 bits per heavy atom. The van der Waals surface area contributed by atoms with Gasteiger partial charge in [-0.05, 0) is 41.1 Å². The zero-order valence-electron chi connectivity index (χ0n) is 8.78. The third kappa shape index (κ3) is 5.52. The molecule has 1 aromatic rings. The number of hydrogen-bond donors (Lipinski definition) is 1. The highest BCUT2D eigenvalue weighted by atomic mass is 35.5. The lowest BCUT2D eigenvalue weighted by molar-refractivity contribution is 0.126. The fourth-order valence-corrected chi connectivity index (χ4v) is 1.97. The molecular formula is C11H18ClNOS. The highest BCUT2D eigenvalue weighted by Gasteiger charge is 2.20. The standard InChI is InChI=1S/C11H17NOS.ClH/c1-2-10(1)8-13-5-4-12-7-11-3-6-14-9-11;/h3,6,9-10,12H,1-2,4-5,7-8H2;1H. The van der Waals surface area contributed by atoms with Crippen molar-refractivity contribution in [2.45, 2.75) is 19.4 Å². The maximum atomic E-state index is 5.52. The molecule has 1 fully saturated rings. The van der Waals surface area contributed by atoms with E-state index in [1.54, 1.807) is 11.3 Å². The molecule has 15 heavy (non-hydrogen) atoms. The highest BCUT2D eigenvalue weighted by molar-refractivity contribution is 7.07. The van der Waals surface area contributed by atoms with E-state index in [-0.39, 0.29) is 12.4 Å². The summed E-state index contributed by atoms with van der Waals surface area (Å²) in [5.41, 5.74) is 1.37. The van der Waals surface area contributed by atoms with Crippen LogP contribution in [0.1, 0.15) is 18.4 Å². The molecule has 0 atom stereocenters. The van der Waals surface area contributed by atoms with E-state index in [1.165, 1.54) is 18.4 Å². The molecule has 2 nitrogen and oxygen atoms in total. The number of halogens is 1. The molecular weight excluding hydrogens is 230 g/mol. The molecule has 1 N–H and O–H groups in total. The third-order valence-electron chi connectivity index (χ3n) is 2.38. The summed E-state index contributed by atoms with van der Waals surface area (Å²) in [6.45, 7) is 3.75. The van der Waals surface area contributed by atoms with Gasteiger partial charge in [-0.15, -0.1) is 12.4 Å². The molecule has 1 aliphatic carbocycles. The lowest BCUT2D eigenvalue weighted by atomic mass is 10.3. The summed E-state index contributed by atoms with van der Waals surface area (Å²) in [7, 11) is 0. The van der Waals surface area contributed by atoms with Gasteiger partial charge in [-0.25, -0.2) is 0 Å². The maximum Gasteiger partial charge on any atom is 0.0591 e. The van der Waals surface area contributed by atoms with Crippen LogP contribution in [-0.2, 0) is 11.3 Å². The number of hydrogen-bond acceptors (Lipinski definition) is 3. The van der Waals surface area contributed by atoms with Crippen molar-refractivity contribution in [1.82, 2.24) is 5.32 Å². The maximum absolute atomic E-state index is 5.52. The largest absolute Gasteiger partial charge is 0.380 e. The summed E-state index contributed by atoms with van der Waals surface area (Å²) >= 11 is 1.75. The van der Waals surface area contributed by atoms with E-state index in [1.807, 2.05) is 0 Å². The van der Waals surface area contributed by atoms with Gasteiger partial charge in [0.25, 0.3) is 0 Å². The molecule has 0 spiro atoms. The van der Waals surface area contributed by atoms with Gasteiger partial charge in [0.15, 0.2) is 0 Å². The summed E-state index contributed by atoms with van der Waals surface area (Å²) in [6, 6.07) is 2.16. The summed E-state index contributed by atoms with van der Waals surface area (Å²) in [4.78, 5) is 0. The second kappa shape index (κ2) is 7.23. The molecule has 0 radical (unpaired) electrons. The smallest absolute Gasteiger partial charge is 0.0591 e. The van der Waals surface area contributed by atoms with Crippen molar-refractivity contribution in [2.75, 3.05) is 19.8 Å². The van der Waals surface area contributed by atoms with Gasteiger partial charge in [0.1, 0.15) is 0 Å². The normalized spacial score (nSPS) is 14.9. The molecule has 1 saturated carbocycles. The van der Waals surface area contributed by atoms with Gasteiger partial charge in [-0.2, -0.15) is 11.3 Å². The summed E-state index contributed by atoms with van der Waals surface area (Å²) in [5, 5.41) is 7.65. The third-order valence-corrected chi connectivity index (χ3v) is 3.11. The Morgan fingerprint density at radius 1 is 1.47 bits per heavy atom. The lowest BCUT2D eigenvalue weighted by Crippen LogP contribution is -2.19. The molecule has 2 rings (SSSR count). The van der Waals surface area contributed by atoms with Crippen molar-refractivity contribution < 1.29 is 4.74 Å². The lowest BCUT2D eigenvalue weighted by Gasteiger charge is -2.04. The van der Waals surface area contributed by atoms with Gasteiger partial charge in [0.05, 0.1) is 6.61 Å². The quantitative estimate of drug-likeness (QED) is 0.748. The van der Waals surface area contributed by atoms with Gasteiger partial charge in [-0.3, -0.25) is 0 Å². The van der Waals surface area contributed by atoms with Crippen LogP contribution in [0.2, 0.25) is 0 Å². The Hall–Kier alpha value is -0.0900. The highest BCUT2D eigenvalue weighted by Crippen LogP contribution is 2.28. The van der Waals surface area contributed by atoms with Crippen LogP contribution >= 0.6 is 23.7 Å². The fraction of sp³-hybridized carbons (Fsp3) is 0.636. The predicted octanol–water partition coefficient (Wildman–Crippen LogP) is 2.69. The summed E-state index contributed by atoms with van der Waals surface area (Å²) < 4.78 is 5.52. The fourth-order valence-electron chi connectivity index (χ4n) is 1.30. The van der Waals surface area contributed by atoms with Crippen LogP contribution in [0.4, 0.5) is 0 Å². The van der Waals surface area contributed by atoms with E-state index in [4.69, 9.17) is 4.74 Å². The van der Waals surface area contributed by atoms with Crippen molar-refractivity contribution in [3.05, 3.63) is 22.4 Å². The first-order valence-corrected chi connectivity index (χ1v) is 6.19. The van der Waals surface area contributed by atoms with Crippen molar-refractivity contribution >= 4 is 23.7 Å². The first kappa shape index (κ1) is 13.0. The van der Waals surface area contributed by atoms with Crippen LogP contribution in [0.5, 0.6) is 0 Å². The Bertz CT molecular complexity index is 249. The van der Waals surface area contributed by atoms with Crippen LogP contribution in [0.15, 0.2) is 16.8 Å². The molecule has 0 aromatic carbocycles. The molecule has 0 saturated heterocycles. The van der Waals surface area contributed by atoms with Crippen LogP contribution in [-0.4, -0.2) is 19.8 Å². The molecule has 1 aliphatic rings. The van der Waals surface area contributed by atoms with Crippen molar-refractivity contribution in [3.8, 4) is 0 Å². The Kier molecular flexibility index (Phi) is 6.25. The van der Waals surface area contributed by atoms with Gasteiger partial charge in [0, 0.05) is 19.7 Å². The van der Waals surface area contributed by atoms with E-state index >= 15 is 0 Å². The van der Waals surface area contributed by atoms with Gasteiger partial charge < -0.3 is 10.1 Å². The minimum absolute atomic E-state index is 0. The SMILES string of the molecule is Cl.c1cc(CNCCOCC2CC2)cs1. The second-order valence-electron chi connectivity index (χ2n) is 3.83. The minimum atomic E-state index is 0. The second-order valence-corrected chi connectivity index (χ2v) is 4.61. The van der Waals surface area contributed by atoms with E-state index in [0.717, 1.165) is 32.2 Å². The van der Waals surface area contributed by atoms with E-state index in [2.05, 4.69) is 22.1 Å². The topological polar surface area (TPSA) is 21.3 Å². The molecule has 0 aliphatic heterocycles. The van der Waals surface area contributed by atoms with E-state index in [0.29, 0.717) is 0 Å². The van der Waals surface area contributed by atoms with Crippen LogP contribution in [0, 0.1) is 5.92 Å². The predicted molar refractivity (Wildman–Crippen MR) is 66.8 cm³/mol. The number of rotatable bonds is 7. The van der Waals surface area contributed by atoms with Gasteiger partial charge in [-0.1, -0.05) is 0 Å². The molecule has 1 aromatic heterocycles. The molecule has 1 heterocycles. The average Bonchev–Trinajstić information content (AvgIpc) is 2.87. The average molecular weight is 248 g/mol. The summed E-state index contributed by atoms with van der Waals surface area (Å²) in [5.74, 6) is 0.881. The molecule has 0 unspecified atom stereocenters. The monoisotopic (exact) mass is 247 g/mol. The first-order chi connectivity index (χ1) is 6.95. The van der Waals surface area contributed by atoms with Crippen molar-refractivity contribution in [1.29, 1.82) is 0 Å². The number of thiophene rings is 1. The van der Waals surface area contributed by atoms with Crippen molar-refractivity contribution in [2.24, 2.45) is 5.92 Å². The van der Waals surface area contributed by atoms with E-state index < -0.39 is 0 Å². The van der Waals surface area contributed by atoms with E-state index in [9.17, 15) is 0 Å². The minimum Gasteiger partial charge on any atom is -0.380 e. The molecule has 0 bridgehead atoms. The molecule has 86 valence electrons. The Balaban J connectivity index is 0.00000112. The first-order valence-electron chi connectivity index (χ1n) is 5.24. The van der Waals surface area contributed by atoms with Gasteiger partial charge >= 0.3 is 0 Å². The van der Waals surface area contributed by atoms with Crippen LogP contribution in [0.25, 0.3) is 0 Å². The zero-order valence-corrected chi connectivity index (χ0v) is 10.4. The Labute approximate surface area is 101 Å². The van der Waals surface area contributed by atoms with Crippen LogP contribution in [0.3, 0.4) is 0 Å². The van der Waals surface area contributed by atoms with Crippen LogP contribution < -0.4 is 5.32 Å². The number of ether oxygens (including phenoxy) is 1. The number of nitrogens with one attached hydrogen (secondary N) is 1. The molecule has 0 amide bonds. The Morgan fingerprint density at radius 3 is 3.00 bits per heavy atom. The van der Waals surface area contributed by atoms with Gasteiger partial charge in [0.2, 0.25) is 0 Å².